The number of rotatable bonds is 9. The fourth-order valence-corrected chi connectivity index (χ4v) is 4.60. The lowest BCUT2D eigenvalue weighted by molar-refractivity contribution is -0.131. The zero-order valence-corrected chi connectivity index (χ0v) is 25.5. The number of hydrogen-bond acceptors (Lipinski definition) is 6. The minimum absolute atomic E-state index is 0.109. The number of amides is 3. The van der Waals surface area contributed by atoms with Gasteiger partial charge in [-0.25, -0.2) is 4.99 Å². The molecule has 2 heterocycles. The van der Waals surface area contributed by atoms with Crippen molar-refractivity contribution in [3.63, 3.8) is 0 Å². The third-order valence-electron chi connectivity index (χ3n) is 7.31. The number of hydrogen-bond donors (Lipinski definition) is 2. The number of aliphatic imine (C=N–C) groups is 1. The first-order chi connectivity index (χ1) is 20.3. The Hall–Kier alpha value is -4.66. The Kier molecular flexibility index (Phi) is 9.53. The molecule has 2 N–H and O–H groups in total. The molecule has 0 bridgehead atoms. The van der Waals surface area contributed by atoms with Crippen molar-refractivity contribution in [2.45, 2.75) is 66.1 Å². The standard InChI is InChI=1S/C34H39N5O4/c1-21(2)24-16-14-23(15-17-24)19-29(41)36-22(3)32(42)38-31-33(43)39(20-28(40)34(4,5)6)27-13-8-7-11-25(27)30(37-31)26-12-9-10-18-35-26/h7-18,21-22,31H,19-20H2,1-6H3,(H,36,41)(H,38,42)/t22-,31?/m0/s1. The first kappa shape index (κ1) is 31.3. The third-order valence-corrected chi connectivity index (χ3v) is 7.31. The van der Waals surface area contributed by atoms with Crippen molar-refractivity contribution < 1.29 is 19.2 Å². The molecule has 2 atom stereocenters. The number of anilines is 1. The second-order valence-corrected chi connectivity index (χ2v) is 12.1. The van der Waals surface area contributed by atoms with E-state index in [-0.39, 0.29) is 24.7 Å². The van der Waals surface area contributed by atoms with Gasteiger partial charge in [-0.05, 0) is 42.2 Å². The number of benzene rings is 2. The van der Waals surface area contributed by atoms with Gasteiger partial charge >= 0.3 is 0 Å². The average Bonchev–Trinajstić information content (AvgIpc) is 3.08. The van der Waals surface area contributed by atoms with Crippen molar-refractivity contribution in [1.82, 2.24) is 15.6 Å². The lowest BCUT2D eigenvalue weighted by Gasteiger charge is -2.28. The van der Waals surface area contributed by atoms with Crippen LogP contribution in [-0.4, -0.2) is 53.0 Å². The molecule has 3 aromatic rings. The molecule has 0 radical (unpaired) electrons. The lowest BCUT2D eigenvalue weighted by atomic mass is 9.90. The summed E-state index contributed by atoms with van der Waals surface area (Å²) in [5.74, 6) is -1.24. The van der Waals surface area contributed by atoms with Gasteiger partial charge in [0, 0.05) is 17.2 Å². The van der Waals surface area contributed by atoms with Gasteiger partial charge in [0.25, 0.3) is 5.91 Å². The summed E-state index contributed by atoms with van der Waals surface area (Å²) in [5.41, 5.74) is 3.33. The molecule has 1 unspecified atom stereocenters. The maximum Gasteiger partial charge on any atom is 0.272 e. The van der Waals surface area contributed by atoms with Crippen LogP contribution in [-0.2, 0) is 25.6 Å². The van der Waals surface area contributed by atoms with E-state index in [4.69, 9.17) is 0 Å². The summed E-state index contributed by atoms with van der Waals surface area (Å²) in [6, 6.07) is 19.4. The molecule has 1 aliphatic heterocycles. The van der Waals surface area contributed by atoms with Gasteiger partial charge in [0.1, 0.15) is 6.04 Å². The van der Waals surface area contributed by atoms with E-state index in [1.807, 2.05) is 42.5 Å². The van der Waals surface area contributed by atoms with Crippen molar-refractivity contribution in [2.24, 2.45) is 10.4 Å². The number of carbonyl (C=O) groups is 4. The summed E-state index contributed by atoms with van der Waals surface area (Å²) in [6.07, 6.45) is 0.376. The van der Waals surface area contributed by atoms with E-state index < -0.39 is 29.4 Å². The maximum atomic E-state index is 14.0. The highest BCUT2D eigenvalue weighted by atomic mass is 16.2. The van der Waals surface area contributed by atoms with Crippen LogP contribution in [0, 0.1) is 5.41 Å². The minimum Gasteiger partial charge on any atom is -0.344 e. The highest BCUT2D eigenvalue weighted by molar-refractivity contribution is 6.20. The van der Waals surface area contributed by atoms with E-state index in [0.717, 1.165) is 5.56 Å². The number of fused-ring (bicyclic) bond motifs is 1. The number of para-hydroxylation sites is 1. The van der Waals surface area contributed by atoms with Gasteiger partial charge in [-0.1, -0.05) is 83.1 Å². The minimum atomic E-state index is -1.35. The lowest BCUT2D eigenvalue weighted by Crippen LogP contribution is -2.54. The fraction of sp³-hybridized carbons (Fsp3) is 0.353. The van der Waals surface area contributed by atoms with Crippen LogP contribution < -0.4 is 15.5 Å². The van der Waals surface area contributed by atoms with Gasteiger partial charge in [0.05, 0.1) is 30.1 Å². The molecule has 1 aromatic heterocycles. The van der Waals surface area contributed by atoms with E-state index in [9.17, 15) is 19.2 Å². The molecule has 9 nitrogen and oxygen atoms in total. The first-order valence-electron chi connectivity index (χ1n) is 14.5. The van der Waals surface area contributed by atoms with Gasteiger partial charge in [-0.3, -0.25) is 24.2 Å². The van der Waals surface area contributed by atoms with Crippen LogP contribution in [0.1, 0.15) is 69.8 Å². The number of ketones is 1. The van der Waals surface area contributed by atoms with Crippen LogP contribution in [0.4, 0.5) is 5.69 Å². The van der Waals surface area contributed by atoms with Crippen LogP contribution in [0.5, 0.6) is 0 Å². The van der Waals surface area contributed by atoms with Gasteiger partial charge in [0.15, 0.2) is 5.78 Å². The summed E-state index contributed by atoms with van der Waals surface area (Å²) in [6.45, 7) is 10.9. The second-order valence-electron chi connectivity index (χ2n) is 12.1. The smallest absolute Gasteiger partial charge is 0.272 e. The number of benzodiazepines with no additional fused rings is 1. The molecule has 2 aromatic carbocycles. The summed E-state index contributed by atoms with van der Waals surface area (Å²) >= 11 is 0. The molecular formula is C34H39N5O4. The molecule has 0 saturated carbocycles. The summed E-state index contributed by atoms with van der Waals surface area (Å²) in [4.78, 5) is 63.7. The average molecular weight is 582 g/mol. The highest BCUT2D eigenvalue weighted by Crippen LogP contribution is 2.29. The summed E-state index contributed by atoms with van der Waals surface area (Å²) in [5, 5.41) is 5.42. The van der Waals surface area contributed by atoms with Crippen molar-refractivity contribution in [3.05, 3.63) is 95.3 Å². The van der Waals surface area contributed by atoms with Gasteiger partial charge in [-0.15, -0.1) is 0 Å². The monoisotopic (exact) mass is 581 g/mol. The number of carbonyl (C=O) groups excluding carboxylic acids is 4. The van der Waals surface area contributed by atoms with E-state index in [1.165, 1.54) is 10.5 Å². The topological polar surface area (TPSA) is 121 Å². The zero-order valence-electron chi connectivity index (χ0n) is 25.5. The molecule has 0 aliphatic carbocycles. The molecule has 43 heavy (non-hydrogen) atoms. The quantitative estimate of drug-likeness (QED) is 0.393. The van der Waals surface area contributed by atoms with Crippen LogP contribution in [0.15, 0.2) is 77.9 Å². The summed E-state index contributed by atoms with van der Waals surface area (Å²) < 4.78 is 0. The molecule has 4 rings (SSSR count). The zero-order chi connectivity index (χ0) is 31.3. The Morgan fingerprint density at radius 3 is 2.23 bits per heavy atom. The SMILES string of the molecule is CC(C)c1ccc(CC(=O)N[C@@H](C)C(=O)NC2N=C(c3ccccn3)c3ccccc3N(CC(=O)C(C)(C)C)C2=O)cc1. The number of Topliss-reactive ketones (excluding diaryl/α,β-unsaturated/α-hetero) is 1. The van der Waals surface area contributed by atoms with Crippen LogP contribution >= 0.6 is 0 Å². The van der Waals surface area contributed by atoms with Crippen molar-refractivity contribution in [3.8, 4) is 0 Å². The molecule has 3 amide bonds. The number of aromatic nitrogens is 1. The Balaban J connectivity index is 1.59. The van der Waals surface area contributed by atoms with E-state index in [2.05, 4.69) is 34.5 Å². The molecule has 0 saturated heterocycles. The van der Waals surface area contributed by atoms with Gasteiger partial charge in [-0.2, -0.15) is 0 Å². The third kappa shape index (κ3) is 7.60. The van der Waals surface area contributed by atoms with Crippen LogP contribution in [0.3, 0.4) is 0 Å². The predicted octanol–water partition coefficient (Wildman–Crippen LogP) is 4.19. The molecule has 9 heteroatoms. The largest absolute Gasteiger partial charge is 0.344 e. The first-order valence-corrected chi connectivity index (χ1v) is 14.5. The van der Waals surface area contributed by atoms with Crippen LogP contribution in [0.2, 0.25) is 0 Å². The van der Waals surface area contributed by atoms with Crippen molar-refractivity contribution in [1.29, 1.82) is 0 Å². The number of pyridine rings is 1. The Labute approximate surface area is 252 Å². The predicted molar refractivity (Wildman–Crippen MR) is 167 cm³/mol. The van der Waals surface area contributed by atoms with Gasteiger partial charge < -0.3 is 15.5 Å². The van der Waals surface area contributed by atoms with Crippen molar-refractivity contribution in [2.75, 3.05) is 11.4 Å². The normalized spacial score (nSPS) is 15.7. The molecular weight excluding hydrogens is 542 g/mol. The fourth-order valence-electron chi connectivity index (χ4n) is 4.60. The molecule has 1 aliphatic rings. The van der Waals surface area contributed by atoms with E-state index in [0.29, 0.717) is 28.6 Å². The summed E-state index contributed by atoms with van der Waals surface area (Å²) in [7, 11) is 0. The Morgan fingerprint density at radius 2 is 1.60 bits per heavy atom. The number of nitrogens with one attached hydrogen (secondary N) is 2. The molecule has 224 valence electrons. The Morgan fingerprint density at radius 1 is 0.930 bits per heavy atom. The van der Waals surface area contributed by atoms with Gasteiger partial charge in [0.2, 0.25) is 18.0 Å². The van der Waals surface area contributed by atoms with Crippen molar-refractivity contribution >= 4 is 34.9 Å². The highest BCUT2D eigenvalue weighted by Gasteiger charge is 2.36. The maximum absolute atomic E-state index is 14.0. The van der Waals surface area contributed by atoms with Crippen LogP contribution in [0.25, 0.3) is 0 Å². The molecule has 0 spiro atoms. The van der Waals surface area contributed by atoms with E-state index >= 15 is 0 Å². The van der Waals surface area contributed by atoms with E-state index in [1.54, 1.807) is 58.2 Å². The molecule has 0 fully saturated rings. The second kappa shape index (κ2) is 13.1. The number of nitrogens with zero attached hydrogens (tertiary/aromatic N) is 3. The Bertz CT molecular complexity index is 1520.